The highest BCUT2D eigenvalue weighted by Crippen LogP contribution is 2.36. The normalized spacial score (nSPS) is 11.1. The molecule has 0 unspecified atom stereocenters. The summed E-state index contributed by atoms with van der Waals surface area (Å²) in [6.07, 6.45) is 2.58. The number of aromatic nitrogens is 4. The molecule has 3 aromatic rings. The van der Waals surface area contributed by atoms with Crippen molar-refractivity contribution in [2.24, 2.45) is 0 Å². The maximum Gasteiger partial charge on any atom is 0.224 e. The molecule has 0 atom stereocenters. The van der Waals surface area contributed by atoms with Crippen LogP contribution < -0.4 is 5.32 Å². The van der Waals surface area contributed by atoms with Gasteiger partial charge in [-0.15, -0.1) is 11.3 Å². The molecule has 0 aliphatic carbocycles. The lowest BCUT2D eigenvalue weighted by Crippen LogP contribution is -1.96. The molecule has 8 heteroatoms. The topological polar surface area (TPSA) is 63.6 Å². The molecule has 0 aromatic carbocycles. The van der Waals surface area contributed by atoms with E-state index in [1.165, 1.54) is 28.2 Å². The van der Waals surface area contributed by atoms with E-state index in [9.17, 15) is 0 Å². The van der Waals surface area contributed by atoms with E-state index in [-0.39, 0.29) is 0 Å². The van der Waals surface area contributed by atoms with Crippen LogP contribution in [0.5, 0.6) is 0 Å². The molecular formula is C11H11N5S3. The number of hydrogen-bond acceptors (Lipinski definition) is 8. The largest absolute Gasteiger partial charge is 0.357 e. The number of hydrogen-bond donors (Lipinski definition) is 1. The molecule has 0 aliphatic heterocycles. The quantitative estimate of drug-likeness (QED) is 0.746. The van der Waals surface area contributed by atoms with Crippen LogP contribution in [0.15, 0.2) is 21.8 Å². The third-order valence-electron chi connectivity index (χ3n) is 2.51. The van der Waals surface area contributed by atoms with Crippen LogP contribution in [0.4, 0.5) is 5.95 Å². The number of rotatable bonds is 4. The van der Waals surface area contributed by atoms with E-state index >= 15 is 0 Å². The van der Waals surface area contributed by atoms with Crippen LogP contribution in [0.25, 0.3) is 10.2 Å². The van der Waals surface area contributed by atoms with E-state index in [4.69, 9.17) is 0 Å². The summed E-state index contributed by atoms with van der Waals surface area (Å²) in [5.74, 6) is 0.643. The van der Waals surface area contributed by atoms with Gasteiger partial charge in [0.25, 0.3) is 0 Å². The second-order valence-corrected chi connectivity index (χ2v) is 6.83. The molecule has 0 spiro atoms. The van der Waals surface area contributed by atoms with Gasteiger partial charge in [0.1, 0.15) is 16.2 Å². The fraction of sp³-hybridized carbons (Fsp3) is 0.273. The Morgan fingerprint density at radius 2 is 2.26 bits per heavy atom. The molecule has 0 fully saturated rings. The van der Waals surface area contributed by atoms with Crippen molar-refractivity contribution in [2.75, 3.05) is 12.4 Å². The molecule has 19 heavy (non-hydrogen) atoms. The first kappa shape index (κ1) is 12.8. The minimum Gasteiger partial charge on any atom is -0.357 e. The Balaban J connectivity index is 2.11. The molecule has 3 heterocycles. The summed E-state index contributed by atoms with van der Waals surface area (Å²) in [6.45, 7) is 2.15. The summed E-state index contributed by atoms with van der Waals surface area (Å²) < 4.78 is 4.91. The zero-order chi connectivity index (χ0) is 13.2. The maximum absolute atomic E-state index is 4.53. The Bertz CT molecular complexity index is 692. The van der Waals surface area contributed by atoms with E-state index < -0.39 is 0 Å². The number of aryl methyl sites for hydroxylation is 1. The van der Waals surface area contributed by atoms with Gasteiger partial charge in [0.05, 0.1) is 0 Å². The lowest BCUT2D eigenvalue weighted by Gasteiger charge is -2.02. The molecule has 5 nitrogen and oxygen atoms in total. The zero-order valence-corrected chi connectivity index (χ0v) is 12.8. The Kier molecular flexibility index (Phi) is 3.63. The van der Waals surface area contributed by atoms with Gasteiger partial charge in [-0.2, -0.15) is 4.37 Å². The highest BCUT2D eigenvalue weighted by Gasteiger charge is 2.13. The average molecular weight is 309 g/mol. The van der Waals surface area contributed by atoms with Crippen LogP contribution in [0, 0.1) is 0 Å². The van der Waals surface area contributed by atoms with Crippen LogP contribution in [-0.4, -0.2) is 26.4 Å². The van der Waals surface area contributed by atoms with Crippen molar-refractivity contribution in [1.29, 1.82) is 0 Å². The van der Waals surface area contributed by atoms with E-state index in [2.05, 4.69) is 37.6 Å². The Labute approximate surface area is 122 Å². The van der Waals surface area contributed by atoms with Crippen molar-refractivity contribution < 1.29 is 0 Å². The fourth-order valence-electron chi connectivity index (χ4n) is 1.60. The van der Waals surface area contributed by atoms with Gasteiger partial charge in [0, 0.05) is 17.3 Å². The van der Waals surface area contributed by atoms with Crippen LogP contribution in [0.2, 0.25) is 0 Å². The lowest BCUT2D eigenvalue weighted by molar-refractivity contribution is 1.09. The highest BCUT2D eigenvalue weighted by atomic mass is 32.2. The molecule has 0 saturated carbocycles. The minimum absolute atomic E-state index is 0.643. The third-order valence-corrected chi connectivity index (χ3v) is 5.40. The SMILES string of the molecule is CCc1cc2c(Sc3ncns3)nc(NC)nc2s1. The van der Waals surface area contributed by atoms with Gasteiger partial charge in [0.15, 0.2) is 4.34 Å². The van der Waals surface area contributed by atoms with Gasteiger partial charge >= 0.3 is 0 Å². The number of nitrogens with zero attached hydrogens (tertiary/aromatic N) is 4. The second kappa shape index (κ2) is 5.40. The summed E-state index contributed by atoms with van der Waals surface area (Å²) in [6, 6.07) is 2.17. The standard InChI is InChI=1S/C11H11N5S3/c1-3-6-4-7-8(17-6)15-10(12-2)16-9(7)18-11-13-5-14-19-11/h4-5H,3H2,1-2H3,(H,12,15,16). The smallest absolute Gasteiger partial charge is 0.224 e. The summed E-state index contributed by atoms with van der Waals surface area (Å²) in [5, 5.41) is 5.04. The summed E-state index contributed by atoms with van der Waals surface area (Å²) in [4.78, 5) is 15.6. The highest BCUT2D eigenvalue weighted by molar-refractivity contribution is 8.01. The number of fused-ring (bicyclic) bond motifs is 1. The maximum atomic E-state index is 4.53. The Morgan fingerprint density at radius 1 is 1.37 bits per heavy atom. The average Bonchev–Trinajstić information content (AvgIpc) is 3.06. The molecule has 98 valence electrons. The molecular weight excluding hydrogens is 298 g/mol. The first-order valence-corrected chi connectivity index (χ1v) is 8.13. The third kappa shape index (κ3) is 2.56. The van der Waals surface area contributed by atoms with Crippen LogP contribution in [-0.2, 0) is 6.42 Å². The Hall–Kier alpha value is -1.25. The zero-order valence-electron chi connectivity index (χ0n) is 10.4. The van der Waals surface area contributed by atoms with Gasteiger partial charge in [-0.3, -0.25) is 0 Å². The van der Waals surface area contributed by atoms with E-state index in [1.54, 1.807) is 17.7 Å². The summed E-state index contributed by atoms with van der Waals surface area (Å²) >= 11 is 4.63. The van der Waals surface area contributed by atoms with Gasteiger partial charge < -0.3 is 5.32 Å². The first-order chi connectivity index (χ1) is 9.30. The second-order valence-electron chi connectivity index (χ2n) is 3.70. The summed E-state index contributed by atoms with van der Waals surface area (Å²) in [7, 11) is 1.83. The first-order valence-electron chi connectivity index (χ1n) is 5.73. The van der Waals surface area contributed by atoms with Crippen LogP contribution in [0.1, 0.15) is 11.8 Å². The van der Waals surface area contributed by atoms with Crippen LogP contribution >= 0.6 is 34.6 Å². The van der Waals surface area contributed by atoms with Crippen molar-refractivity contribution >= 4 is 50.8 Å². The molecule has 0 saturated heterocycles. The monoisotopic (exact) mass is 309 g/mol. The molecule has 0 amide bonds. The predicted molar refractivity (Wildman–Crippen MR) is 80.4 cm³/mol. The van der Waals surface area contributed by atoms with E-state index in [0.717, 1.165) is 26.0 Å². The van der Waals surface area contributed by atoms with Crippen molar-refractivity contribution in [3.8, 4) is 0 Å². The number of thiophene rings is 1. The summed E-state index contributed by atoms with van der Waals surface area (Å²) in [5.41, 5.74) is 0. The lowest BCUT2D eigenvalue weighted by atomic mass is 10.3. The van der Waals surface area contributed by atoms with Gasteiger partial charge in [-0.05, 0) is 35.8 Å². The van der Waals surface area contributed by atoms with Crippen molar-refractivity contribution in [1.82, 2.24) is 19.3 Å². The predicted octanol–water partition coefficient (Wildman–Crippen LogP) is 3.30. The fourth-order valence-corrected chi connectivity index (χ4v) is 4.09. The molecule has 0 aliphatic rings. The Morgan fingerprint density at radius 3 is 2.95 bits per heavy atom. The molecule has 3 aromatic heterocycles. The van der Waals surface area contributed by atoms with Gasteiger partial charge in [0.2, 0.25) is 5.95 Å². The molecule has 1 N–H and O–H groups in total. The van der Waals surface area contributed by atoms with E-state index in [0.29, 0.717) is 5.95 Å². The van der Waals surface area contributed by atoms with E-state index in [1.807, 2.05) is 7.05 Å². The number of anilines is 1. The van der Waals surface area contributed by atoms with Gasteiger partial charge in [-0.25, -0.2) is 15.0 Å². The van der Waals surface area contributed by atoms with Crippen molar-refractivity contribution in [3.05, 3.63) is 17.3 Å². The van der Waals surface area contributed by atoms with Crippen molar-refractivity contribution in [3.63, 3.8) is 0 Å². The molecule has 0 bridgehead atoms. The van der Waals surface area contributed by atoms with Crippen LogP contribution in [0.3, 0.4) is 0 Å². The minimum atomic E-state index is 0.643. The van der Waals surface area contributed by atoms with Gasteiger partial charge in [-0.1, -0.05) is 6.92 Å². The van der Waals surface area contributed by atoms with Crippen molar-refractivity contribution in [2.45, 2.75) is 22.7 Å². The molecule has 0 radical (unpaired) electrons. The number of nitrogens with one attached hydrogen (secondary N) is 1. The molecule has 3 rings (SSSR count).